The third-order valence-electron chi connectivity index (χ3n) is 2.80. The summed E-state index contributed by atoms with van der Waals surface area (Å²) in [5, 5.41) is 11.3. The molecule has 0 fully saturated rings. The van der Waals surface area contributed by atoms with Gasteiger partial charge in [0.15, 0.2) is 6.10 Å². The Morgan fingerprint density at radius 2 is 1.86 bits per heavy atom. The lowest BCUT2D eigenvalue weighted by Gasteiger charge is -2.25. The summed E-state index contributed by atoms with van der Waals surface area (Å²) in [7, 11) is 1.26. The molecule has 6 nitrogen and oxygen atoms in total. The van der Waals surface area contributed by atoms with E-state index in [1.54, 1.807) is 45.0 Å². The van der Waals surface area contributed by atoms with Gasteiger partial charge in [-0.25, -0.2) is 4.79 Å². The lowest BCUT2D eigenvalue weighted by Crippen LogP contribution is -2.53. The molecule has 21 heavy (non-hydrogen) atoms. The molecular weight excluding hydrogens is 272 g/mol. The Morgan fingerprint density at radius 1 is 1.29 bits per heavy atom. The number of nitrogens with one attached hydrogen (secondary N) is 1. The maximum Gasteiger partial charge on any atom is 0.330 e. The van der Waals surface area contributed by atoms with Crippen molar-refractivity contribution in [2.24, 2.45) is 0 Å². The zero-order valence-corrected chi connectivity index (χ0v) is 12.5. The number of amides is 1. The Hall–Kier alpha value is -2.55. The van der Waals surface area contributed by atoms with Crippen LogP contribution in [0.1, 0.15) is 26.3 Å². The van der Waals surface area contributed by atoms with Gasteiger partial charge >= 0.3 is 5.97 Å². The Labute approximate surface area is 123 Å². The Morgan fingerprint density at radius 3 is 2.33 bits per heavy atom. The first-order valence-corrected chi connectivity index (χ1v) is 6.37. The van der Waals surface area contributed by atoms with Gasteiger partial charge in [-0.05, 0) is 45.0 Å². The first-order valence-electron chi connectivity index (χ1n) is 6.37. The van der Waals surface area contributed by atoms with E-state index in [0.29, 0.717) is 11.3 Å². The maximum atomic E-state index is 12.0. The minimum Gasteiger partial charge on any atom is -0.481 e. The van der Waals surface area contributed by atoms with E-state index in [2.05, 4.69) is 10.1 Å². The highest BCUT2D eigenvalue weighted by Crippen LogP contribution is 2.14. The molecule has 0 radical (unpaired) electrons. The highest BCUT2D eigenvalue weighted by Gasteiger charge is 2.32. The lowest BCUT2D eigenvalue weighted by molar-refractivity contribution is -0.150. The zero-order valence-electron chi connectivity index (χ0n) is 12.5. The van der Waals surface area contributed by atoms with Gasteiger partial charge in [-0.1, -0.05) is 0 Å². The van der Waals surface area contributed by atoms with Gasteiger partial charge in [0, 0.05) is 0 Å². The Balaban J connectivity index is 2.66. The van der Waals surface area contributed by atoms with Gasteiger partial charge in [0.2, 0.25) is 0 Å². The number of carbonyl (C=O) groups excluding carboxylic acids is 2. The van der Waals surface area contributed by atoms with Crippen molar-refractivity contribution in [2.45, 2.75) is 32.4 Å². The summed E-state index contributed by atoms with van der Waals surface area (Å²) < 4.78 is 10.1. The van der Waals surface area contributed by atoms with Crippen LogP contribution < -0.4 is 10.1 Å². The molecular formula is C15H18N2O4. The number of hydrogen-bond acceptors (Lipinski definition) is 5. The van der Waals surface area contributed by atoms with Gasteiger partial charge in [-0.3, -0.25) is 4.79 Å². The molecule has 112 valence electrons. The largest absolute Gasteiger partial charge is 0.481 e. The molecule has 0 aliphatic carbocycles. The normalized spacial score (nSPS) is 12.0. The summed E-state index contributed by atoms with van der Waals surface area (Å²) in [5.41, 5.74) is -0.625. The first kappa shape index (κ1) is 16.5. The maximum absolute atomic E-state index is 12.0. The van der Waals surface area contributed by atoms with Crippen LogP contribution >= 0.6 is 0 Å². The predicted molar refractivity (Wildman–Crippen MR) is 75.5 cm³/mol. The second-order valence-electron chi connectivity index (χ2n) is 5.00. The summed E-state index contributed by atoms with van der Waals surface area (Å²) in [6.07, 6.45) is -0.790. The highest BCUT2D eigenvalue weighted by atomic mass is 16.5. The summed E-state index contributed by atoms with van der Waals surface area (Å²) >= 11 is 0. The number of methoxy groups -OCH3 is 1. The number of carbonyl (C=O) groups is 2. The van der Waals surface area contributed by atoms with Crippen molar-refractivity contribution in [3.8, 4) is 11.8 Å². The molecule has 0 saturated carbocycles. The van der Waals surface area contributed by atoms with E-state index < -0.39 is 23.5 Å². The fourth-order valence-corrected chi connectivity index (χ4v) is 1.58. The van der Waals surface area contributed by atoms with Crippen molar-refractivity contribution >= 4 is 11.9 Å². The molecule has 0 aliphatic heterocycles. The predicted octanol–water partition coefficient (Wildman–Crippen LogP) is 1.39. The minimum absolute atomic E-state index is 0.435. The van der Waals surface area contributed by atoms with Crippen LogP contribution in [0, 0.1) is 11.3 Å². The molecule has 1 N–H and O–H groups in total. The number of benzene rings is 1. The second-order valence-corrected chi connectivity index (χ2v) is 5.00. The first-order chi connectivity index (χ1) is 9.80. The molecule has 1 amide bonds. The SMILES string of the molecule is COC(=O)C(C)(C)NC(=O)C(C)Oc1ccc(C#N)cc1. The van der Waals surface area contributed by atoms with Crippen molar-refractivity contribution in [1.29, 1.82) is 5.26 Å². The molecule has 0 aromatic heterocycles. The van der Waals surface area contributed by atoms with Crippen LogP contribution in [-0.4, -0.2) is 30.6 Å². The molecule has 0 heterocycles. The number of nitrogens with zero attached hydrogens (tertiary/aromatic N) is 1. The molecule has 1 aromatic carbocycles. The average Bonchev–Trinajstić information content (AvgIpc) is 2.46. The number of nitriles is 1. The molecule has 1 rings (SSSR count). The van der Waals surface area contributed by atoms with E-state index in [9.17, 15) is 9.59 Å². The van der Waals surface area contributed by atoms with E-state index in [-0.39, 0.29) is 0 Å². The summed E-state index contributed by atoms with van der Waals surface area (Å²) in [5.74, 6) is -0.510. The smallest absolute Gasteiger partial charge is 0.330 e. The third-order valence-corrected chi connectivity index (χ3v) is 2.80. The molecule has 1 aromatic rings. The fraction of sp³-hybridized carbons (Fsp3) is 0.400. The van der Waals surface area contributed by atoms with Crippen LogP contribution in [-0.2, 0) is 14.3 Å². The fourth-order valence-electron chi connectivity index (χ4n) is 1.58. The summed E-state index contributed by atoms with van der Waals surface area (Å²) in [4.78, 5) is 23.5. The number of ether oxygens (including phenoxy) is 2. The molecule has 0 saturated heterocycles. The van der Waals surface area contributed by atoms with Crippen LogP contribution in [0.2, 0.25) is 0 Å². The van der Waals surface area contributed by atoms with Crippen molar-refractivity contribution < 1.29 is 19.1 Å². The van der Waals surface area contributed by atoms with E-state index in [4.69, 9.17) is 10.00 Å². The van der Waals surface area contributed by atoms with Crippen molar-refractivity contribution in [3.63, 3.8) is 0 Å². The van der Waals surface area contributed by atoms with Gasteiger partial charge in [-0.15, -0.1) is 0 Å². The van der Waals surface area contributed by atoms with Crippen LogP contribution in [0.5, 0.6) is 5.75 Å². The second kappa shape index (κ2) is 6.75. The van der Waals surface area contributed by atoms with Crippen LogP contribution in [0.3, 0.4) is 0 Å². The van der Waals surface area contributed by atoms with Crippen LogP contribution in [0.15, 0.2) is 24.3 Å². The van der Waals surface area contributed by atoms with Crippen molar-refractivity contribution in [2.75, 3.05) is 7.11 Å². The number of hydrogen-bond donors (Lipinski definition) is 1. The summed E-state index contributed by atoms with van der Waals surface area (Å²) in [6.45, 7) is 4.66. The van der Waals surface area contributed by atoms with E-state index in [1.807, 2.05) is 6.07 Å². The average molecular weight is 290 g/mol. The molecule has 6 heteroatoms. The van der Waals surface area contributed by atoms with Crippen molar-refractivity contribution in [1.82, 2.24) is 5.32 Å². The Kier molecular flexibility index (Phi) is 5.30. The van der Waals surface area contributed by atoms with Crippen LogP contribution in [0.4, 0.5) is 0 Å². The lowest BCUT2D eigenvalue weighted by atomic mass is 10.1. The van der Waals surface area contributed by atoms with E-state index in [1.165, 1.54) is 7.11 Å². The van der Waals surface area contributed by atoms with Crippen molar-refractivity contribution in [3.05, 3.63) is 29.8 Å². The standard InChI is InChI=1S/C15H18N2O4/c1-10(13(18)17-15(2,3)14(19)20-4)21-12-7-5-11(9-16)6-8-12/h5-8,10H,1-4H3,(H,17,18). The summed E-state index contributed by atoms with van der Waals surface area (Å²) in [6, 6.07) is 8.40. The van der Waals surface area contributed by atoms with Gasteiger partial charge in [0.1, 0.15) is 11.3 Å². The minimum atomic E-state index is -1.13. The van der Waals surface area contributed by atoms with Gasteiger partial charge in [-0.2, -0.15) is 5.26 Å². The molecule has 1 unspecified atom stereocenters. The molecule has 1 atom stereocenters. The molecule has 0 spiro atoms. The van der Waals surface area contributed by atoms with Gasteiger partial charge in [0.05, 0.1) is 18.7 Å². The number of esters is 1. The van der Waals surface area contributed by atoms with Crippen LogP contribution in [0.25, 0.3) is 0 Å². The quantitative estimate of drug-likeness (QED) is 0.828. The molecule has 0 bridgehead atoms. The zero-order chi connectivity index (χ0) is 16.0. The number of rotatable bonds is 5. The third kappa shape index (κ3) is 4.49. The Bertz CT molecular complexity index is 558. The van der Waals surface area contributed by atoms with Gasteiger partial charge < -0.3 is 14.8 Å². The van der Waals surface area contributed by atoms with Gasteiger partial charge in [0.25, 0.3) is 5.91 Å². The highest BCUT2D eigenvalue weighted by molar-refractivity contribution is 5.89. The van der Waals surface area contributed by atoms with E-state index in [0.717, 1.165) is 0 Å². The molecule has 0 aliphatic rings. The van der Waals surface area contributed by atoms with E-state index >= 15 is 0 Å². The topological polar surface area (TPSA) is 88.4 Å². The monoisotopic (exact) mass is 290 g/mol.